The first-order valence-electron chi connectivity index (χ1n) is 5.23. The molecule has 18 heavy (non-hydrogen) atoms. The fraction of sp³-hybridized carbons (Fsp3) is 0.0769. The maximum Gasteiger partial charge on any atom is 0.139 e. The summed E-state index contributed by atoms with van der Waals surface area (Å²) >= 11 is 9.07. The van der Waals surface area contributed by atoms with Crippen LogP contribution in [0, 0.1) is 5.82 Å². The molecule has 0 aliphatic heterocycles. The Morgan fingerprint density at radius 1 is 1.28 bits per heavy atom. The molecule has 0 saturated heterocycles. The Balaban J connectivity index is 2.14. The van der Waals surface area contributed by atoms with E-state index in [9.17, 15) is 9.50 Å². The lowest BCUT2D eigenvalue weighted by Crippen LogP contribution is -2.00. The number of halogens is 3. The summed E-state index contributed by atoms with van der Waals surface area (Å²) < 4.78 is 13.5. The summed E-state index contributed by atoms with van der Waals surface area (Å²) in [5.41, 5.74) is 1.43. The minimum absolute atomic E-state index is 0.0601. The van der Waals surface area contributed by atoms with Gasteiger partial charge in [0, 0.05) is 22.3 Å². The Kier molecular flexibility index (Phi) is 4.09. The van der Waals surface area contributed by atoms with Gasteiger partial charge >= 0.3 is 0 Å². The summed E-state index contributed by atoms with van der Waals surface area (Å²) in [5, 5.41) is 13.2. The van der Waals surface area contributed by atoms with E-state index in [2.05, 4.69) is 21.2 Å². The highest BCUT2D eigenvalue weighted by Crippen LogP contribution is 2.29. The molecule has 0 aliphatic carbocycles. The fourth-order valence-corrected chi connectivity index (χ4v) is 2.21. The highest BCUT2D eigenvalue weighted by atomic mass is 79.9. The van der Waals surface area contributed by atoms with E-state index in [1.165, 1.54) is 12.1 Å². The molecule has 2 N–H and O–H groups in total. The Morgan fingerprint density at radius 3 is 2.78 bits per heavy atom. The number of anilines is 1. The molecular formula is C13H10BrClFNO. The number of phenols is 1. The first-order valence-corrected chi connectivity index (χ1v) is 6.40. The molecule has 2 rings (SSSR count). The van der Waals surface area contributed by atoms with Crippen LogP contribution in [-0.4, -0.2) is 5.11 Å². The lowest BCUT2D eigenvalue weighted by atomic mass is 10.2. The van der Waals surface area contributed by atoms with E-state index in [1.54, 1.807) is 24.3 Å². The Morgan fingerprint density at radius 2 is 2.06 bits per heavy atom. The molecule has 0 saturated carbocycles. The molecular weight excluding hydrogens is 321 g/mol. The van der Waals surface area contributed by atoms with Crippen molar-refractivity contribution in [1.82, 2.24) is 0 Å². The van der Waals surface area contributed by atoms with Gasteiger partial charge in [-0.25, -0.2) is 4.39 Å². The van der Waals surface area contributed by atoms with Gasteiger partial charge in [0.25, 0.3) is 0 Å². The van der Waals surface area contributed by atoms with Crippen LogP contribution in [0.2, 0.25) is 5.02 Å². The molecule has 0 spiro atoms. The van der Waals surface area contributed by atoms with E-state index in [4.69, 9.17) is 11.6 Å². The average molecular weight is 331 g/mol. The summed E-state index contributed by atoms with van der Waals surface area (Å²) in [4.78, 5) is 0. The van der Waals surface area contributed by atoms with Crippen LogP contribution in [0.15, 0.2) is 40.9 Å². The van der Waals surface area contributed by atoms with Crippen molar-refractivity contribution in [3.05, 3.63) is 57.3 Å². The van der Waals surface area contributed by atoms with Crippen LogP contribution in [0.1, 0.15) is 5.56 Å². The van der Waals surface area contributed by atoms with Gasteiger partial charge in [-0.15, -0.1) is 0 Å². The molecule has 0 aromatic heterocycles. The molecule has 94 valence electrons. The maximum atomic E-state index is 12.9. The SMILES string of the molecule is Oc1c(Cl)cccc1CNc1ccc(F)cc1Br. The van der Waals surface area contributed by atoms with Crippen molar-refractivity contribution < 1.29 is 9.50 Å². The second-order valence-corrected chi connectivity index (χ2v) is 4.99. The van der Waals surface area contributed by atoms with Gasteiger partial charge in [0.15, 0.2) is 0 Å². The molecule has 0 fully saturated rings. The normalized spacial score (nSPS) is 10.4. The number of hydrogen-bond donors (Lipinski definition) is 2. The lowest BCUT2D eigenvalue weighted by molar-refractivity contribution is 0.469. The molecule has 2 nitrogen and oxygen atoms in total. The maximum absolute atomic E-state index is 12.9. The van der Waals surface area contributed by atoms with Gasteiger partial charge in [-0.2, -0.15) is 0 Å². The minimum Gasteiger partial charge on any atom is -0.506 e. The summed E-state index contributed by atoms with van der Waals surface area (Å²) in [6, 6.07) is 9.52. The van der Waals surface area contributed by atoms with Gasteiger partial charge in [-0.3, -0.25) is 0 Å². The zero-order chi connectivity index (χ0) is 13.1. The van der Waals surface area contributed by atoms with Crippen molar-refractivity contribution in [1.29, 1.82) is 0 Å². The molecule has 2 aromatic carbocycles. The molecule has 0 unspecified atom stereocenters. The third-order valence-electron chi connectivity index (χ3n) is 2.47. The summed E-state index contributed by atoms with van der Waals surface area (Å²) in [6.07, 6.45) is 0. The number of hydrogen-bond acceptors (Lipinski definition) is 2. The molecule has 2 aromatic rings. The number of phenolic OH excluding ortho intramolecular Hbond substituents is 1. The largest absolute Gasteiger partial charge is 0.506 e. The quantitative estimate of drug-likeness (QED) is 0.864. The van der Waals surface area contributed by atoms with Gasteiger partial charge < -0.3 is 10.4 Å². The fourth-order valence-electron chi connectivity index (χ4n) is 1.53. The Bertz CT molecular complexity index is 577. The van der Waals surface area contributed by atoms with Gasteiger partial charge in [0.2, 0.25) is 0 Å². The third kappa shape index (κ3) is 2.94. The van der Waals surface area contributed by atoms with Crippen LogP contribution in [0.4, 0.5) is 10.1 Å². The average Bonchev–Trinajstić information content (AvgIpc) is 2.33. The molecule has 0 atom stereocenters. The predicted octanol–water partition coefficient (Wildman–Crippen LogP) is 4.56. The van der Waals surface area contributed by atoms with Crippen molar-refractivity contribution in [2.75, 3.05) is 5.32 Å². The van der Waals surface area contributed by atoms with Crippen LogP contribution < -0.4 is 5.32 Å². The van der Waals surface area contributed by atoms with Crippen LogP contribution in [-0.2, 0) is 6.54 Å². The smallest absolute Gasteiger partial charge is 0.139 e. The van der Waals surface area contributed by atoms with E-state index < -0.39 is 0 Å². The van der Waals surface area contributed by atoms with Gasteiger partial charge in [0.1, 0.15) is 11.6 Å². The summed E-state index contributed by atoms with van der Waals surface area (Å²) in [5.74, 6) is -0.247. The van der Waals surface area contributed by atoms with E-state index in [-0.39, 0.29) is 11.6 Å². The Labute approximate surface area is 118 Å². The van der Waals surface area contributed by atoms with E-state index >= 15 is 0 Å². The molecule has 0 radical (unpaired) electrons. The Hall–Kier alpha value is -1.26. The first-order chi connectivity index (χ1) is 8.58. The monoisotopic (exact) mass is 329 g/mol. The highest BCUT2D eigenvalue weighted by molar-refractivity contribution is 9.10. The lowest BCUT2D eigenvalue weighted by Gasteiger charge is -2.10. The first kappa shape index (κ1) is 13.2. The topological polar surface area (TPSA) is 32.3 Å². The van der Waals surface area contributed by atoms with Gasteiger partial charge in [-0.05, 0) is 40.2 Å². The molecule has 0 bridgehead atoms. The zero-order valence-corrected chi connectivity index (χ0v) is 11.6. The zero-order valence-electron chi connectivity index (χ0n) is 9.25. The van der Waals surface area contributed by atoms with E-state index in [1.807, 2.05) is 0 Å². The van der Waals surface area contributed by atoms with E-state index in [0.717, 1.165) is 5.69 Å². The third-order valence-corrected chi connectivity index (χ3v) is 3.43. The standard InChI is InChI=1S/C13H10BrClFNO/c14-10-6-9(16)4-5-12(10)17-7-8-2-1-3-11(15)13(8)18/h1-6,17-18H,7H2. The van der Waals surface area contributed by atoms with Crippen LogP contribution in [0.3, 0.4) is 0 Å². The van der Waals surface area contributed by atoms with Crippen LogP contribution in [0.5, 0.6) is 5.75 Å². The second kappa shape index (κ2) is 5.59. The summed E-state index contributed by atoms with van der Waals surface area (Å²) in [7, 11) is 0. The molecule has 5 heteroatoms. The van der Waals surface area contributed by atoms with Crippen molar-refractivity contribution in [3.63, 3.8) is 0 Å². The number of rotatable bonds is 3. The van der Waals surface area contributed by atoms with Gasteiger partial charge in [-0.1, -0.05) is 23.7 Å². The van der Waals surface area contributed by atoms with Crippen LogP contribution >= 0.6 is 27.5 Å². The van der Waals surface area contributed by atoms with Crippen molar-refractivity contribution in [2.45, 2.75) is 6.54 Å². The van der Waals surface area contributed by atoms with Gasteiger partial charge in [0.05, 0.1) is 5.02 Å². The molecule has 0 amide bonds. The number of para-hydroxylation sites is 1. The number of nitrogens with one attached hydrogen (secondary N) is 1. The van der Waals surface area contributed by atoms with E-state index in [0.29, 0.717) is 21.6 Å². The number of benzene rings is 2. The minimum atomic E-state index is -0.307. The molecule has 0 aliphatic rings. The predicted molar refractivity (Wildman–Crippen MR) is 74.5 cm³/mol. The van der Waals surface area contributed by atoms with Crippen molar-refractivity contribution in [2.24, 2.45) is 0 Å². The van der Waals surface area contributed by atoms with Crippen LogP contribution in [0.25, 0.3) is 0 Å². The summed E-state index contributed by atoms with van der Waals surface area (Å²) in [6.45, 7) is 0.399. The molecule has 0 heterocycles. The van der Waals surface area contributed by atoms with Crippen molar-refractivity contribution in [3.8, 4) is 5.75 Å². The number of aromatic hydroxyl groups is 1. The highest BCUT2D eigenvalue weighted by Gasteiger charge is 2.06. The second-order valence-electron chi connectivity index (χ2n) is 3.73. The van der Waals surface area contributed by atoms with Crippen molar-refractivity contribution >= 4 is 33.2 Å².